The molecule has 0 aliphatic rings. The third-order valence-electron chi connectivity index (χ3n) is 5.00. The standard InChI is InChI=1S/C22H22N2/c1-24-15-21(20-11-4-5-12-22(20)24)18(14-23)13-17-9-6-8-16-7-2-3-10-19(16)17/h2-12,15,18H,13-14,23H2,1H3. The van der Waals surface area contributed by atoms with Crippen molar-refractivity contribution in [3.8, 4) is 0 Å². The fraction of sp³-hybridized carbons (Fsp3) is 0.182. The first-order valence-corrected chi connectivity index (χ1v) is 8.48. The van der Waals surface area contributed by atoms with Gasteiger partial charge in [0.05, 0.1) is 0 Å². The highest BCUT2D eigenvalue weighted by molar-refractivity contribution is 5.87. The van der Waals surface area contributed by atoms with Gasteiger partial charge < -0.3 is 10.3 Å². The van der Waals surface area contributed by atoms with Crippen molar-refractivity contribution in [1.82, 2.24) is 4.57 Å². The van der Waals surface area contributed by atoms with Gasteiger partial charge in [-0.2, -0.15) is 0 Å². The second-order valence-corrected chi connectivity index (χ2v) is 6.49. The zero-order valence-corrected chi connectivity index (χ0v) is 13.9. The van der Waals surface area contributed by atoms with Crippen LogP contribution in [0, 0.1) is 0 Å². The normalized spacial score (nSPS) is 12.8. The summed E-state index contributed by atoms with van der Waals surface area (Å²) in [6, 6.07) is 23.7. The van der Waals surface area contributed by atoms with Crippen molar-refractivity contribution in [2.45, 2.75) is 12.3 Å². The molecule has 1 unspecified atom stereocenters. The van der Waals surface area contributed by atoms with Crippen LogP contribution in [0.4, 0.5) is 0 Å². The Morgan fingerprint density at radius 3 is 2.42 bits per heavy atom. The Hall–Kier alpha value is -2.58. The van der Waals surface area contributed by atoms with Crippen LogP contribution in [0.25, 0.3) is 21.7 Å². The number of benzene rings is 3. The molecule has 4 aromatic rings. The number of nitrogens with zero attached hydrogens (tertiary/aromatic N) is 1. The summed E-state index contributed by atoms with van der Waals surface area (Å²) in [7, 11) is 2.11. The smallest absolute Gasteiger partial charge is 0.0480 e. The van der Waals surface area contributed by atoms with Crippen LogP contribution >= 0.6 is 0 Å². The van der Waals surface area contributed by atoms with Gasteiger partial charge in [0.1, 0.15) is 0 Å². The number of aryl methyl sites for hydroxylation is 1. The lowest BCUT2D eigenvalue weighted by molar-refractivity contribution is 0.699. The van der Waals surface area contributed by atoms with Crippen LogP contribution in [0.2, 0.25) is 0 Å². The topological polar surface area (TPSA) is 30.9 Å². The molecule has 0 bridgehead atoms. The van der Waals surface area contributed by atoms with Crippen molar-refractivity contribution in [1.29, 1.82) is 0 Å². The highest BCUT2D eigenvalue weighted by Crippen LogP contribution is 2.31. The summed E-state index contributed by atoms with van der Waals surface area (Å²) in [6.07, 6.45) is 3.21. The molecule has 0 aliphatic carbocycles. The largest absolute Gasteiger partial charge is 0.350 e. The minimum atomic E-state index is 0.321. The number of hydrogen-bond acceptors (Lipinski definition) is 1. The van der Waals surface area contributed by atoms with Crippen molar-refractivity contribution >= 4 is 21.7 Å². The molecule has 2 N–H and O–H groups in total. The molecule has 3 aromatic carbocycles. The van der Waals surface area contributed by atoms with Crippen molar-refractivity contribution in [2.75, 3.05) is 6.54 Å². The van der Waals surface area contributed by atoms with Crippen molar-refractivity contribution in [2.24, 2.45) is 12.8 Å². The van der Waals surface area contributed by atoms with Crippen LogP contribution in [-0.2, 0) is 13.5 Å². The lowest BCUT2D eigenvalue weighted by Gasteiger charge is -2.16. The number of rotatable bonds is 4. The van der Waals surface area contributed by atoms with E-state index >= 15 is 0 Å². The predicted octanol–water partition coefficient (Wildman–Crippen LogP) is 4.62. The zero-order chi connectivity index (χ0) is 16.5. The van der Waals surface area contributed by atoms with E-state index in [1.54, 1.807) is 0 Å². The first kappa shape index (κ1) is 15.0. The van der Waals surface area contributed by atoms with Crippen molar-refractivity contribution in [3.05, 3.63) is 84.1 Å². The van der Waals surface area contributed by atoms with Crippen LogP contribution in [0.15, 0.2) is 72.9 Å². The molecule has 1 aromatic heterocycles. The molecule has 0 amide bonds. The number of aromatic nitrogens is 1. The predicted molar refractivity (Wildman–Crippen MR) is 102 cm³/mol. The van der Waals surface area contributed by atoms with E-state index in [2.05, 4.69) is 84.5 Å². The first-order valence-electron chi connectivity index (χ1n) is 8.48. The Labute approximate surface area is 142 Å². The average molecular weight is 314 g/mol. The van der Waals surface area contributed by atoms with E-state index in [9.17, 15) is 0 Å². The second-order valence-electron chi connectivity index (χ2n) is 6.49. The Balaban J connectivity index is 1.78. The van der Waals surface area contributed by atoms with Gasteiger partial charge in [0.15, 0.2) is 0 Å². The highest BCUT2D eigenvalue weighted by atomic mass is 14.9. The molecule has 1 atom stereocenters. The third-order valence-corrected chi connectivity index (χ3v) is 5.00. The molecule has 0 saturated heterocycles. The van der Waals surface area contributed by atoms with E-state index in [0.29, 0.717) is 12.5 Å². The van der Waals surface area contributed by atoms with E-state index in [0.717, 1.165) is 6.42 Å². The first-order chi connectivity index (χ1) is 11.8. The average Bonchev–Trinajstić information content (AvgIpc) is 2.97. The van der Waals surface area contributed by atoms with Crippen molar-refractivity contribution < 1.29 is 0 Å². The third kappa shape index (κ3) is 2.49. The summed E-state index contributed by atoms with van der Waals surface area (Å²) in [5.41, 5.74) is 10.2. The maximum Gasteiger partial charge on any atom is 0.0480 e. The SMILES string of the molecule is Cn1cc(C(CN)Cc2cccc3ccccc23)c2ccccc21. The van der Waals surface area contributed by atoms with Gasteiger partial charge in [0.2, 0.25) is 0 Å². The van der Waals surface area contributed by atoms with Crippen LogP contribution in [-0.4, -0.2) is 11.1 Å². The quantitative estimate of drug-likeness (QED) is 0.585. The molecular formula is C22H22N2. The molecule has 0 radical (unpaired) electrons. The number of nitrogens with two attached hydrogens (primary N) is 1. The number of fused-ring (bicyclic) bond motifs is 2. The molecule has 24 heavy (non-hydrogen) atoms. The molecule has 0 spiro atoms. The molecule has 4 rings (SSSR count). The van der Waals surface area contributed by atoms with Crippen molar-refractivity contribution in [3.63, 3.8) is 0 Å². The zero-order valence-electron chi connectivity index (χ0n) is 13.9. The molecule has 2 nitrogen and oxygen atoms in total. The number of para-hydroxylation sites is 1. The molecule has 1 heterocycles. The molecule has 120 valence electrons. The molecule has 2 heteroatoms. The van der Waals surface area contributed by atoms with E-state index in [1.165, 1.54) is 32.8 Å². The lowest BCUT2D eigenvalue weighted by atomic mass is 9.89. The van der Waals surface area contributed by atoms with Gasteiger partial charge in [-0.3, -0.25) is 0 Å². The van der Waals surface area contributed by atoms with E-state index in [1.807, 2.05) is 0 Å². The molecule has 0 aliphatic heterocycles. The van der Waals surface area contributed by atoms with Crippen LogP contribution in [0.5, 0.6) is 0 Å². The van der Waals surface area contributed by atoms with Crippen LogP contribution in [0.1, 0.15) is 17.0 Å². The Morgan fingerprint density at radius 2 is 1.58 bits per heavy atom. The van der Waals surface area contributed by atoms with Gasteiger partial charge in [0, 0.05) is 30.1 Å². The summed E-state index contributed by atoms with van der Waals surface area (Å²) in [5.74, 6) is 0.321. The molecular weight excluding hydrogens is 292 g/mol. The van der Waals surface area contributed by atoms with Gasteiger partial charge >= 0.3 is 0 Å². The van der Waals surface area contributed by atoms with Gasteiger partial charge in [-0.05, 0) is 40.9 Å². The van der Waals surface area contributed by atoms with E-state index in [4.69, 9.17) is 5.73 Å². The minimum absolute atomic E-state index is 0.321. The minimum Gasteiger partial charge on any atom is -0.350 e. The van der Waals surface area contributed by atoms with Gasteiger partial charge in [-0.25, -0.2) is 0 Å². The number of hydrogen-bond donors (Lipinski definition) is 1. The monoisotopic (exact) mass is 314 g/mol. The summed E-state index contributed by atoms with van der Waals surface area (Å²) < 4.78 is 2.20. The summed E-state index contributed by atoms with van der Waals surface area (Å²) in [4.78, 5) is 0. The van der Waals surface area contributed by atoms with Gasteiger partial charge in [0.25, 0.3) is 0 Å². The Bertz CT molecular complexity index is 992. The van der Waals surface area contributed by atoms with E-state index < -0.39 is 0 Å². The second kappa shape index (κ2) is 6.14. The molecule has 0 fully saturated rings. The maximum absolute atomic E-state index is 6.19. The summed E-state index contributed by atoms with van der Waals surface area (Å²) in [5, 5.41) is 3.94. The van der Waals surface area contributed by atoms with Crippen LogP contribution in [0.3, 0.4) is 0 Å². The fourth-order valence-electron chi connectivity index (χ4n) is 3.75. The summed E-state index contributed by atoms with van der Waals surface area (Å²) >= 11 is 0. The lowest BCUT2D eigenvalue weighted by Crippen LogP contribution is -2.15. The fourth-order valence-corrected chi connectivity index (χ4v) is 3.75. The molecule has 0 saturated carbocycles. The van der Waals surface area contributed by atoms with Gasteiger partial charge in [-0.1, -0.05) is 60.7 Å². The maximum atomic E-state index is 6.19. The Morgan fingerprint density at radius 1 is 0.875 bits per heavy atom. The highest BCUT2D eigenvalue weighted by Gasteiger charge is 2.17. The Kier molecular flexibility index (Phi) is 3.83. The van der Waals surface area contributed by atoms with Gasteiger partial charge in [-0.15, -0.1) is 0 Å². The van der Waals surface area contributed by atoms with Crippen LogP contribution < -0.4 is 5.73 Å². The van der Waals surface area contributed by atoms with E-state index in [-0.39, 0.29) is 0 Å². The summed E-state index contributed by atoms with van der Waals surface area (Å²) in [6.45, 7) is 0.650.